The second-order valence-electron chi connectivity index (χ2n) is 6.20. The first-order valence-electron chi connectivity index (χ1n) is 8.12. The zero-order valence-electron chi connectivity index (χ0n) is 12.8. The summed E-state index contributed by atoms with van der Waals surface area (Å²) in [5.41, 5.74) is 1.20. The van der Waals surface area contributed by atoms with Gasteiger partial charge in [0.15, 0.2) is 0 Å². The third-order valence-corrected chi connectivity index (χ3v) is 4.53. The third kappa shape index (κ3) is 3.26. The lowest BCUT2D eigenvalue weighted by molar-refractivity contribution is -0.123. The van der Waals surface area contributed by atoms with Crippen molar-refractivity contribution in [1.29, 1.82) is 0 Å². The molecule has 3 rings (SSSR count). The van der Waals surface area contributed by atoms with Crippen molar-refractivity contribution in [3.05, 3.63) is 23.9 Å². The molecule has 1 fully saturated rings. The fraction of sp³-hybridized carbons (Fsp3) is 0.647. The van der Waals surface area contributed by atoms with E-state index in [-0.39, 0.29) is 17.9 Å². The van der Waals surface area contributed by atoms with Crippen molar-refractivity contribution < 1.29 is 9.53 Å². The van der Waals surface area contributed by atoms with Crippen molar-refractivity contribution in [3.63, 3.8) is 0 Å². The summed E-state index contributed by atoms with van der Waals surface area (Å²) >= 11 is 0. The lowest BCUT2D eigenvalue weighted by Gasteiger charge is -2.26. The smallest absolute Gasteiger partial charge is 0.231 e. The maximum atomic E-state index is 12.8. The number of hydrogen-bond donors (Lipinski definition) is 0. The molecule has 0 aromatic carbocycles. The van der Waals surface area contributed by atoms with E-state index in [2.05, 4.69) is 11.1 Å². The van der Waals surface area contributed by atoms with Gasteiger partial charge >= 0.3 is 0 Å². The van der Waals surface area contributed by atoms with E-state index in [0.29, 0.717) is 0 Å². The molecule has 2 aliphatic heterocycles. The topological polar surface area (TPSA) is 42.4 Å². The number of amides is 1. The lowest BCUT2D eigenvalue weighted by atomic mass is 10.00. The van der Waals surface area contributed by atoms with Gasteiger partial charge in [-0.3, -0.25) is 9.69 Å². The molecule has 0 spiro atoms. The van der Waals surface area contributed by atoms with Gasteiger partial charge in [0.05, 0.1) is 6.10 Å². The molecule has 1 amide bonds. The summed E-state index contributed by atoms with van der Waals surface area (Å²) < 4.78 is 5.67. The Bertz CT molecular complexity index is 497. The van der Waals surface area contributed by atoms with Crippen LogP contribution in [-0.2, 0) is 16.0 Å². The molecule has 0 saturated carbocycles. The van der Waals surface area contributed by atoms with Crippen LogP contribution in [0.3, 0.4) is 0 Å². The number of carbonyl (C=O) groups is 1. The Balaban J connectivity index is 1.73. The van der Waals surface area contributed by atoms with E-state index in [0.717, 1.165) is 57.5 Å². The van der Waals surface area contributed by atoms with Crippen LogP contribution in [-0.4, -0.2) is 30.1 Å². The number of rotatable bonds is 3. The van der Waals surface area contributed by atoms with Crippen molar-refractivity contribution in [1.82, 2.24) is 4.98 Å². The van der Waals surface area contributed by atoms with Gasteiger partial charge in [0.2, 0.25) is 5.91 Å². The van der Waals surface area contributed by atoms with Crippen LogP contribution in [0.25, 0.3) is 0 Å². The van der Waals surface area contributed by atoms with Crippen LogP contribution in [0.4, 0.5) is 5.82 Å². The Kier molecular flexibility index (Phi) is 4.54. The van der Waals surface area contributed by atoms with Crippen LogP contribution in [0.15, 0.2) is 18.3 Å². The Morgan fingerprint density at radius 1 is 1.48 bits per heavy atom. The van der Waals surface area contributed by atoms with Crippen molar-refractivity contribution >= 4 is 11.7 Å². The van der Waals surface area contributed by atoms with Crippen LogP contribution >= 0.6 is 0 Å². The standard InChI is InChI=1S/C17H24N2O2/c1-13(12-15-8-5-11-21-15)17(20)19-10-3-2-6-14-7-4-9-18-16(14)19/h4,7,9,13,15H,2-3,5-6,8,10-12H2,1H3. The van der Waals surface area contributed by atoms with Crippen LogP contribution in [0.1, 0.15) is 44.6 Å². The first-order chi connectivity index (χ1) is 10.3. The molecule has 2 atom stereocenters. The van der Waals surface area contributed by atoms with Crippen molar-refractivity contribution in [3.8, 4) is 0 Å². The van der Waals surface area contributed by atoms with Gasteiger partial charge in [-0.2, -0.15) is 0 Å². The van der Waals surface area contributed by atoms with Gasteiger partial charge in [0.1, 0.15) is 5.82 Å². The first-order valence-corrected chi connectivity index (χ1v) is 8.12. The van der Waals surface area contributed by atoms with Gasteiger partial charge in [-0.15, -0.1) is 0 Å². The van der Waals surface area contributed by atoms with Gasteiger partial charge in [0, 0.05) is 25.3 Å². The van der Waals surface area contributed by atoms with Gasteiger partial charge in [-0.25, -0.2) is 4.98 Å². The summed E-state index contributed by atoms with van der Waals surface area (Å²) in [6.07, 6.45) is 8.29. The third-order valence-electron chi connectivity index (χ3n) is 4.53. The molecule has 0 radical (unpaired) electrons. The van der Waals surface area contributed by atoms with Crippen molar-refractivity contribution in [2.45, 2.75) is 51.6 Å². The SMILES string of the molecule is CC(CC1CCCO1)C(=O)N1CCCCc2cccnc21. The number of pyridine rings is 1. The predicted molar refractivity (Wildman–Crippen MR) is 82.3 cm³/mol. The van der Waals surface area contributed by atoms with Crippen LogP contribution < -0.4 is 4.90 Å². The normalized spacial score (nSPS) is 23.5. The van der Waals surface area contributed by atoms with Gasteiger partial charge < -0.3 is 4.74 Å². The highest BCUT2D eigenvalue weighted by Gasteiger charge is 2.29. The second-order valence-corrected chi connectivity index (χ2v) is 6.20. The maximum absolute atomic E-state index is 12.8. The molecule has 114 valence electrons. The summed E-state index contributed by atoms with van der Waals surface area (Å²) in [6, 6.07) is 4.06. The number of carbonyl (C=O) groups excluding carboxylic acids is 1. The molecule has 4 heteroatoms. The van der Waals surface area contributed by atoms with Crippen molar-refractivity contribution in [2.75, 3.05) is 18.1 Å². The fourth-order valence-corrected chi connectivity index (χ4v) is 3.37. The van der Waals surface area contributed by atoms with Crippen LogP contribution in [0, 0.1) is 5.92 Å². The number of nitrogens with zero attached hydrogens (tertiary/aromatic N) is 2. The fourth-order valence-electron chi connectivity index (χ4n) is 3.37. The average molecular weight is 288 g/mol. The molecule has 2 unspecified atom stereocenters. The van der Waals surface area contributed by atoms with Gasteiger partial charge in [-0.05, 0) is 50.2 Å². The zero-order valence-corrected chi connectivity index (χ0v) is 12.8. The molecule has 1 saturated heterocycles. The quantitative estimate of drug-likeness (QED) is 0.858. The number of aryl methyl sites for hydroxylation is 1. The molecule has 0 N–H and O–H groups in total. The average Bonchev–Trinajstić information content (AvgIpc) is 2.91. The minimum atomic E-state index is 0.000978. The molecule has 1 aromatic rings. The molecule has 0 bridgehead atoms. The number of fused-ring (bicyclic) bond motifs is 1. The minimum absolute atomic E-state index is 0.000978. The van der Waals surface area contributed by atoms with E-state index in [1.807, 2.05) is 17.9 Å². The minimum Gasteiger partial charge on any atom is -0.378 e. The molecule has 21 heavy (non-hydrogen) atoms. The lowest BCUT2D eigenvalue weighted by Crippen LogP contribution is -2.37. The Morgan fingerprint density at radius 2 is 2.38 bits per heavy atom. The maximum Gasteiger partial charge on any atom is 0.231 e. The summed E-state index contributed by atoms with van der Waals surface area (Å²) in [5, 5.41) is 0. The monoisotopic (exact) mass is 288 g/mol. The second kappa shape index (κ2) is 6.56. The van der Waals surface area contributed by atoms with E-state index in [9.17, 15) is 4.79 Å². The molecule has 0 aliphatic carbocycles. The number of hydrogen-bond acceptors (Lipinski definition) is 3. The molecule has 2 aliphatic rings. The Hall–Kier alpha value is -1.42. The van der Waals surface area contributed by atoms with E-state index >= 15 is 0 Å². The summed E-state index contributed by atoms with van der Waals surface area (Å²) in [6.45, 7) is 3.66. The number of ether oxygens (including phenoxy) is 1. The van der Waals surface area contributed by atoms with Crippen molar-refractivity contribution in [2.24, 2.45) is 5.92 Å². The van der Waals surface area contributed by atoms with E-state index in [4.69, 9.17) is 4.74 Å². The van der Waals surface area contributed by atoms with E-state index < -0.39 is 0 Å². The highest BCUT2D eigenvalue weighted by atomic mass is 16.5. The van der Waals surface area contributed by atoms with E-state index in [1.54, 1.807) is 6.20 Å². The molecular weight excluding hydrogens is 264 g/mol. The number of anilines is 1. The van der Waals surface area contributed by atoms with Crippen LogP contribution in [0.5, 0.6) is 0 Å². The summed E-state index contributed by atoms with van der Waals surface area (Å²) in [5.74, 6) is 1.08. The van der Waals surface area contributed by atoms with Crippen LogP contribution in [0.2, 0.25) is 0 Å². The molecular formula is C17H24N2O2. The molecule has 4 nitrogen and oxygen atoms in total. The molecule has 1 aromatic heterocycles. The van der Waals surface area contributed by atoms with Gasteiger partial charge in [0.25, 0.3) is 0 Å². The first kappa shape index (κ1) is 14.5. The largest absolute Gasteiger partial charge is 0.378 e. The summed E-state index contributed by atoms with van der Waals surface area (Å²) in [7, 11) is 0. The predicted octanol–water partition coefficient (Wildman–Crippen LogP) is 2.96. The highest BCUT2D eigenvalue weighted by molar-refractivity contribution is 5.94. The van der Waals surface area contributed by atoms with E-state index in [1.165, 1.54) is 5.56 Å². The van der Waals surface area contributed by atoms with Gasteiger partial charge in [-0.1, -0.05) is 13.0 Å². The number of aromatic nitrogens is 1. The Labute approximate surface area is 126 Å². The molecule has 3 heterocycles. The summed E-state index contributed by atoms with van der Waals surface area (Å²) in [4.78, 5) is 19.2. The Morgan fingerprint density at radius 3 is 3.19 bits per heavy atom. The zero-order chi connectivity index (χ0) is 14.7. The highest BCUT2D eigenvalue weighted by Crippen LogP contribution is 2.27.